The highest BCUT2D eigenvalue weighted by Gasteiger charge is 2.65. The molecule has 8 N–H and O–H groups in total. The monoisotopic (exact) mass is 840 g/mol. The van der Waals surface area contributed by atoms with Crippen LogP contribution in [0.1, 0.15) is 85.5 Å². The van der Waals surface area contributed by atoms with Gasteiger partial charge in [-0.15, -0.1) is 0 Å². The second-order valence-corrected chi connectivity index (χ2v) is 19.9. The Bertz CT molecular complexity index is 1510. The Morgan fingerprint density at radius 2 is 1.49 bits per heavy atom. The van der Waals surface area contributed by atoms with E-state index >= 15 is 0 Å². The summed E-state index contributed by atoms with van der Waals surface area (Å²) in [7, 11) is 0. The molecule has 5 saturated heterocycles. The summed E-state index contributed by atoms with van der Waals surface area (Å²) in [5.41, 5.74) is 1.36. The van der Waals surface area contributed by atoms with Gasteiger partial charge in [-0.1, -0.05) is 32.4 Å². The molecule has 1 spiro atoms. The van der Waals surface area contributed by atoms with Gasteiger partial charge >= 0.3 is 0 Å². The molecule has 16 heteroatoms. The third-order valence-electron chi connectivity index (χ3n) is 16.7. The summed E-state index contributed by atoms with van der Waals surface area (Å²) in [4.78, 5) is 0. The van der Waals surface area contributed by atoms with E-state index in [0.29, 0.717) is 54.3 Å². The maximum absolute atomic E-state index is 11.9. The van der Waals surface area contributed by atoms with Crippen molar-refractivity contribution >= 4 is 0 Å². The second-order valence-electron chi connectivity index (χ2n) is 19.9. The third-order valence-corrected chi connectivity index (χ3v) is 16.7. The topological polar surface area (TPSA) is 236 Å². The van der Waals surface area contributed by atoms with Gasteiger partial charge in [-0.25, -0.2) is 0 Å². The number of hydrogen-bond acceptors (Lipinski definition) is 16. The summed E-state index contributed by atoms with van der Waals surface area (Å²) < 4.78 is 49.6. The van der Waals surface area contributed by atoms with Crippen LogP contribution in [0.25, 0.3) is 0 Å². The molecule has 336 valence electrons. The first-order valence-electron chi connectivity index (χ1n) is 22.4. The van der Waals surface area contributed by atoms with Crippen LogP contribution < -0.4 is 0 Å². The largest absolute Gasteiger partial charge is 0.394 e. The van der Waals surface area contributed by atoms with E-state index in [1.54, 1.807) is 0 Å². The van der Waals surface area contributed by atoms with Crippen LogP contribution in [-0.4, -0.2) is 165 Å². The minimum atomic E-state index is -1.70. The van der Waals surface area contributed by atoms with Crippen molar-refractivity contribution in [2.75, 3.05) is 19.8 Å². The number of fused-ring (bicyclic) bond motifs is 7. The predicted octanol–water partition coefficient (Wildman–Crippen LogP) is 0.463. The minimum Gasteiger partial charge on any atom is -0.394 e. The SMILES string of the molecule is CC1CCC2(OC1)OC1CC3C(CCC4C3CC=C3CC(O[C@@H]5O[C@H](CO)[C@@H](O[C@H]6OC[C@H](O)[C@H](O)[C@H]6O)[C@H](O)[C@H]5O[C@H]5O[C@@H](C)[C@H](O)[C@@H](O)[C@H]5O)CCC34C)C1C2C. The van der Waals surface area contributed by atoms with E-state index in [9.17, 15) is 40.9 Å². The lowest BCUT2D eigenvalue weighted by molar-refractivity contribution is -0.385. The van der Waals surface area contributed by atoms with Gasteiger partial charge in [0.1, 0.15) is 61.0 Å². The maximum atomic E-state index is 11.9. The van der Waals surface area contributed by atoms with Gasteiger partial charge in [0.05, 0.1) is 38.1 Å². The normalized spacial score (nSPS) is 57.4. The summed E-state index contributed by atoms with van der Waals surface area (Å²) >= 11 is 0. The van der Waals surface area contributed by atoms with E-state index in [4.69, 9.17) is 37.9 Å². The number of rotatable bonds is 7. The molecule has 9 aliphatic rings. The molecule has 59 heavy (non-hydrogen) atoms. The zero-order valence-corrected chi connectivity index (χ0v) is 34.7. The van der Waals surface area contributed by atoms with Crippen molar-refractivity contribution in [3.63, 3.8) is 0 Å². The molecule has 0 bridgehead atoms. The summed E-state index contributed by atoms with van der Waals surface area (Å²) in [6.07, 6.45) is -9.04. The molecule has 8 fully saturated rings. The average molecular weight is 841 g/mol. The molecule has 5 heterocycles. The van der Waals surface area contributed by atoms with E-state index in [0.717, 1.165) is 38.7 Å². The molecule has 9 rings (SSSR count). The average Bonchev–Trinajstić information content (AvgIpc) is 3.71. The van der Waals surface area contributed by atoms with Gasteiger partial charge in [-0.2, -0.15) is 0 Å². The summed E-state index contributed by atoms with van der Waals surface area (Å²) in [6, 6.07) is 0. The second kappa shape index (κ2) is 16.6. The smallest absolute Gasteiger partial charge is 0.187 e. The van der Waals surface area contributed by atoms with E-state index in [-0.39, 0.29) is 24.2 Å². The van der Waals surface area contributed by atoms with Gasteiger partial charge in [-0.05, 0) is 99.2 Å². The Labute approximate surface area is 346 Å². The molecule has 0 aromatic carbocycles. The zero-order valence-electron chi connectivity index (χ0n) is 34.7. The number of aliphatic hydroxyl groups excluding tert-OH is 8. The van der Waals surface area contributed by atoms with Crippen molar-refractivity contribution in [1.29, 1.82) is 0 Å². The molecule has 0 radical (unpaired) electrons. The van der Waals surface area contributed by atoms with Gasteiger partial charge < -0.3 is 78.7 Å². The molecule has 5 aliphatic heterocycles. The van der Waals surface area contributed by atoms with Crippen molar-refractivity contribution < 1.29 is 78.7 Å². The minimum absolute atomic E-state index is 0.00328. The Morgan fingerprint density at radius 1 is 0.729 bits per heavy atom. The molecule has 25 atom stereocenters. The van der Waals surface area contributed by atoms with Crippen LogP contribution in [0.3, 0.4) is 0 Å². The van der Waals surface area contributed by atoms with Crippen molar-refractivity contribution in [1.82, 2.24) is 0 Å². The lowest BCUT2D eigenvalue weighted by atomic mass is 9.50. The fourth-order valence-corrected chi connectivity index (χ4v) is 13.2. The summed E-state index contributed by atoms with van der Waals surface area (Å²) in [5, 5.41) is 85.0. The summed E-state index contributed by atoms with van der Waals surface area (Å²) in [5.74, 6) is 3.53. The van der Waals surface area contributed by atoms with E-state index in [1.807, 2.05) is 0 Å². The first-order chi connectivity index (χ1) is 28.1. The van der Waals surface area contributed by atoms with Crippen LogP contribution in [0.2, 0.25) is 0 Å². The van der Waals surface area contributed by atoms with E-state index in [1.165, 1.54) is 25.3 Å². The van der Waals surface area contributed by atoms with Crippen molar-refractivity contribution in [3.05, 3.63) is 11.6 Å². The van der Waals surface area contributed by atoms with Crippen molar-refractivity contribution in [3.8, 4) is 0 Å². The number of aliphatic hydroxyl groups is 8. The highest BCUT2D eigenvalue weighted by Crippen LogP contribution is 2.66. The molecule has 11 unspecified atom stereocenters. The number of ether oxygens (including phenoxy) is 8. The van der Waals surface area contributed by atoms with Crippen LogP contribution >= 0.6 is 0 Å². The first kappa shape index (κ1) is 43.4. The van der Waals surface area contributed by atoms with Gasteiger partial charge in [0, 0.05) is 12.3 Å². The standard InChI is InChI=1S/C43H68O16/c1-18-9-12-43(53-16-18)19(2)30-24-7-8-26-23(25(24)14-28(30)59-43)6-5-21-13-22(10-11-42(21,26)4)55-41-38(58-40-35(50)33(48)31(46)20(3)54-40)36(51)37(29(15-44)56-41)57-39-34(49)32(47)27(45)17-52-39/h5,18-20,22-41,44-51H,6-17H2,1-4H3/t18?,19?,20-,22?,23?,24?,25?,26?,27-,28?,29+,30?,31-,32-,33+,34+,35+,36-,37+,38+,39+,40+,41+,42?,43?/m0/s1. The lowest BCUT2D eigenvalue weighted by Gasteiger charge is -2.56. The molecule has 4 aliphatic carbocycles. The fourth-order valence-electron chi connectivity index (χ4n) is 13.2. The van der Waals surface area contributed by atoms with Crippen LogP contribution in [0.4, 0.5) is 0 Å². The van der Waals surface area contributed by atoms with Crippen LogP contribution in [-0.2, 0) is 37.9 Å². The molecule has 0 aromatic rings. The van der Waals surface area contributed by atoms with Crippen LogP contribution in [0.15, 0.2) is 11.6 Å². The van der Waals surface area contributed by atoms with Gasteiger partial charge in [0.25, 0.3) is 0 Å². The quantitative estimate of drug-likeness (QED) is 0.163. The van der Waals surface area contributed by atoms with Gasteiger partial charge in [0.15, 0.2) is 24.7 Å². The first-order valence-corrected chi connectivity index (χ1v) is 22.4. The van der Waals surface area contributed by atoms with E-state index < -0.39 is 98.4 Å². The van der Waals surface area contributed by atoms with Crippen LogP contribution in [0.5, 0.6) is 0 Å². The lowest BCUT2D eigenvalue weighted by Crippen LogP contribution is -2.66. The molecule has 3 saturated carbocycles. The number of allylic oxidation sites excluding steroid dienone is 1. The predicted molar refractivity (Wildman–Crippen MR) is 204 cm³/mol. The van der Waals surface area contributed by atoms with Gasteiger partial charge in [-0.3, -0.25) is 0 Å². The zero-order chi connectivity index (χ0) is 41.7. The molecule has 0 aromatic heterocycles. The van der Waals surface area contributed by atoms with Crippen molar-refractivity contribution in [2.24, 2.45) is 46.8 Å². The highest BCUT2D eigenvalue weighted by atomic mass is 16.8. The Morgan fingerprint density at radius 3 is 2.24 bits per heavy atom. The van der Waals surface area contributed by atoms with Crippen LogP contribution in [0, 0.1) is 46.8 Å². The Hall–Kier alpha value is -0.900. The highest BCUT2D eigenvalue weighted by molar-refractivity contribution is 5.25. The third kappa shape index (κ3) is 7.40. The molecule has 0 amide bonds. The molecule has 16 nitrogen and oxygen atoms in total. The summed E-state index contributed by atoms with van der Waals surface area (Å²) in [6.45, 7) is 8.36. The van der Waals surface area contributed by atoms with E-state index in [2.05, 4.69) is 26.8 Å². The number of hydrogen-bond donors (Lipinski definition) is 8. The Balaban J connectivity index is 0.902. The maximum Gasteiger partial charge on any atom is 0.187 e. The fraction of sp³-hybridized carbons (Fsp3) is 0.953. The molecular weight excluding hydrogens is 772 g/mol. The molecular formula is C43H68O16. The Kier molecular flexibility index (Phi) is 12.2. The van der Waals surface area contributed by atoms with Crippen molar-refractivity contribution in [2.45, 2.75) is 189 Å². The van der Waals surface area contributed by atoms with Gasteiger partial charge in [0.2, 0.25) is 0 Å².